The lowest BCUT2D eigenvalue weighted by Crippen LogP contribution is -2.26. The van der Waals surface area contributed by atoms with E-state index in [2.05, 4.69) is 10.1 Å². The van der Waals surface area contributed by atoms with E-state index in [9.17, 15) is 8.42 Å². The molecule has 2 aromatic rings. The maximum absolute atomic E-state index is 12.4. The predicted molar refractivity (Wildman–Crippen MR) is 75.8 cm³/mol. The molecule has 0 spiro atoms. The summed E-state index contributed by atoms with van der Waals surface area (Å²) in [5.41, 5.74) is 0.687. The molecule has 6 nitrogen and oxygen atoms in total. The number of pyridine rings is 1. The van der Waals surface area contributed by atoms with Gasteiger partial charge in [-0.15, -0.1) is 11.6 Å². The summed E-state index contributed by atoms with van der Waals surface area (Å²) in [6.45, 7) is 0.685. The Morgan fingerprint density at radius 3 is 2.85 bits per heavy atom. The number of rotatable bonds is 6. The van der Waals surface area contributed by atoms with Gasteiger partial charge >= 0.3 is 0 Å². The van der Waals surface area contributed by atoms with E-state index >= 15 is 0 Å². The Labute approximate surface area is 123 Å². The molecule has 2 rings (SSSR count). The summed E-state index contributed by atoms with van der Waals surface area (Å²) in [5.74, 6) is 0.380. The summed E-state index contributed by atoms with van der Waals surface area (Å²) in [7, 11) is -2.05. The van der Waals surface area contributed by atoms with Gasteiger partial charge in [0.05, 0.1) is 25.0 Å². The molecular formula is C12H15ClN4O2S. The molecule has 0 aliphatic rings. The summed E-state index contributed by atoms with van der Waals surface area (Å²) >= 11 is 5.60. The third kappa shape index (κ3) is 3.36. The van der Waals surface area contributed by atoms with Gasteiger partial charge in [-0.2, -0.15) is 9.40 Å². The van der Waals surface area contributed by atoms with Gasteiger partial charge in [0.1, 0.15) is 4.90 Å². The largest absolute Gasteiger partial charge is 0.270 e. The second kappa shape index (κ2) is 6.34. The van der Waals surface area contributed by atoms with Crippen molar-refractivity contribution < 1.29 is 8.42 Å². The molecule has 2 heterocycles. The van der Waals surface area contributed by atoms with Crippen molar-refractivity contribution in [1.82, 2.24) is 19.1 Å². The van der Waals surface area contributed by atoms with Crippen molar-refractivity contribution in [3.63, 3.8) is 0 Å². The van der Waals surface area contributed by atoms with E-state index in [1.54, 1.807) is 18.3 Å². The molecule has 0 aromatic carbocycles. The van der Waals surface area contributed by atoms with Gasteiger partial charge in [-0.1, -0.05) is 6.07 Å². The van der Waals surface area contributed by atoms with Gasteiger partial charge < -0.3 is 0 Å². The van der Waals surface area contributed by atoms with Crippen LogP contribution < -0.4 is 0 Å². The minimum atomic E-state index is -3.57. The summed E-state index contributed by atoms with van der Waals surface area (Å²) in [6.07, 6.45) is 4.44. The van der Waals surface area contributed by atoms with E-state index in [0.29, 0.717) is 18.1 Å². The number of aromatic nitrogens is 3. The highest BCUT2D eigenvalue weighted by atomic mass is 35.5. The number of nitrogens with zero attached hydrogens (tertiary/aromatic N) is 4. The van der Waals surface area contributed by atoms with E-state index in [-0.39, 0.29) is 11.4 Å². The number of hydrogen-bond donors (Lipinski definition) is 0. The van der Waals surface area contributed by atoms with Crippen LogP contribution in [0.1, 0.15) is 5.69 Å². The lowest BCUT2D eigenvalue weighted by molar-refractivity contribution is 0.462. The molecule has 0 unspecified atom stereocenters. The molecule has 0 N–H and O–H groups in total. The van der Waals surface area contributed by atoms with Crippen LogP contribution in [-0.2, 0) is 23.1 Å². The Hall–Kier alpha value is -1.44. The van der Waals surface area contributed by atoms with Crippen LogP contribution in [0.2, 0.25) is 0 Å². The molecule has 0 bridgehead atoms. The normalized spacial score (nSPS) is 11.9. The average Bonchev–Trinajstić information content (AvgIpc) is 2.89. The van der Waals surface area contributed by atoms with Crippen molar-refractivity contribution in [2.24, 2.45) is 0 Å². The van der Waals surface area contributed by atoms with Crippen LogP contribution in [0.4, 0.5) is 0 Å². The summed E-state index contributed by atoms with van der Waals surface area (Å²) < 4.78 is 27.5. The van der Waals surface area contributed by atoms with Crippen LogP contribution in [0, 0.1) is 0 Å². The maximum Gasteiger partial charge on any atom is 0.246 e. The van der Waals surface area contributed by atoms with Crippen molar-refractivity contribution in [1.29, 1.82) is 0 Å². The first-order valence-electron chi connectivity index (χ1n) is 5.98. The van der Waals surface area contributed by atoms with Gasteiger partial charge in [-0.25, -0.2) is 8.42 Å². The molecule has 0 saturated carbocycles. The molecule has 8 heteroatoms. The fraction of sp³-hybridized carbons (Fsp3) is 0.333. The van der Waals surface area contributed by atoms with E-state index in [0.717, 1.165) is 0 Å². The van der Waals surface area contributed by atoms with Crippen LogP contribution in [0.15, 0.2) is 41.7 Å². The highest BCUT2D eigenvalue weighted by molar-refractivity contribution is 7.89. The summed E-state index contributed by atoms with van der Waals surface area (Å²) in [5, 5.41) is 3.97. The zero-order chi connectivity index (χ0) is 14.6. The van der Waals surface area contributed by atoms with Crippen molar-refractivity contribution in [2.75, 3.05) is 12.9 Å². The fourth-order valence-electron chi connectivity index (χ4n) is 1.67. The first-order valence-corrected chi connectivity index (χ1v) is 7.96. The topological polar surface area (TPSA) is 68.1 Å². The highest BCUT2D eigenvalue weighted by Gasteiger charge is 2.22. The zero-order valence-corrected chi connectivity index (χ0v) is 12.5. The zero-order valence-electron chi connectivity index (χ0n) is 11.0. The molecular weight excluding hydrogens is 300 g/mol. The Morgan fingerprint density at radius 1 is 1.40 bits per heavy atom. The Morgan fingerprint density at radius 2 is 2.20 bits per heavy atom. The van der Waals surface area contributed by atoms with Crippen LogP contribution >= 0.6 is 11.6 Å². The van der Waals surface area contributed by atoms with Gasteiger partial charge in [0.25, 0.3) is 0 Å². The van der Waals surface area contributed by atoms with Crippen LogP contribution in [0.3, 0.4) is 0 Å². The second-order valence-electron chi connectivity index (χ2n) is 4.21. The Balaban J connectivity index is 2.16. The van der Waals surface area contributed by atoms with E-state index in [4.69, 9.17) is 11.6 Å². The Kier molecular flexibility index (Phi) is 4.74. The van der Waals surface area contributed by atoms with Crippen molar-refractivity contribution >= 4 is 21.6 Å². The monoisotopic (exact) mass is 314 g/mol. The quantitative estimate of drug-likeness (QED) is 0.755. The highest BCUT2D eigenvalue weighted by Crippen LogP contribution is 2.15. The second-order valence-corrected chi connectivity index (χ2v) is 6.63. The summed E-state index contributed by atoms with van der Waals surface area (Å²) in [4.78, 5) is 4.27. The first kappa shape index (κ1) is 15.0. The number of alkyl halides is 1. The third-order valence-electron chi connectivity index (χ3n) is 2.74. The lowest BCUT2D eigenvalue weighted by atomic mass is 10.3. The number of sulfonamides is 1. The molecule has 0 saturated heterocycles. The number of halogens is 1. The minimum Gasteiger partial charge on any atom is -0.270 e. The van der Waals surface area contributed by atoms with Crippen LogP contribution in [-0.4, -0.2) is 40.4 Å². The van der Waals surface area contributed by atoms with Crippen molar-refractivity contribution in [3.8, 4) is 0 Å². The molecule has 20 heavy (non-hydrogen) atoms. The SMILES string of the molecule is CN(Cc1ccccn1)S(=O)(=O)c1cnn(CCCl)c1. The molecule has 0 aliphatic carbocycles. The fourth-order valence-corrected chi connectivity index (χ4v) is 2.94. The van der Waals surface area contributed by atoms with Crippen LogP contribution in [0.5, 0.6) is 0 Å². The molecule has 0 amide bonds. The molecule has 2 aromatic heterocycles. The van der Waals surface area contributed by atoms with Gasteiger partial charge in [0.2, 0.25) is 10.0 Å². The van der Waals surface area contributed by atoms with E-state index in [1.165, 1.54) is 28.4 Å². The average molecular weight is 315 g/mol. The summed E-state index contributed by atoms with van der Waals surface area (Å²) in [6, 6.07) is 5.39. The first-order chi connectivity index (χ1) is 9.54. The molecule has 0 radical (unpaired) electrons. The molecule has 0 aliphatic heterocycles. The van der Waals surface area contributed by atoms with Gasteiger partial charge in [0.15, 0.2) is 0 Å². The van der Waals surface area contributed by atoms with Gasteiger partial charge in [-0.3, -0.25) is 9.67 Å². The van der Waals surface area contributed by atoms with E-state index < -0.39 is 10.0 Å². The van der Waals surface area contributed by atoms with Crippen molar-refractivity contribution in [3.05, 3.63) is 42.5 Å². The number of hydrogen-bond acceptors (Lipinski definition) is 4. The lowest BCUT2D eigenvalue weighted by Gasteiger charge is -2.15. The molecule has 0 atom stereocenters. The van der Waals surface area contributed by atoms with Crippen LogP contribution in [0.25, 0.3) is 0 Å². The molecule has 0 fully saturated rings. The standard InChI is InChI=1S/C12H15ClN4O2S/c1-16(9-11-4-2-3-6-14-11)20(18,19)12-8-15-17(10-12)7-5-13/h2-4,6,8,10H,5,7,9H2,1H3. The Bertz CT molecular complexity index is 657. The number of aryl methyl sites for hydroxylation is 1. The van der Waals surface area contributed by atoms with Gasteiger partial charge in [-0.05, 0) is 12.1 Å². The minimum absolute atomic E-state index is 0.154. The predicted octanol–water partition coefficient (Wildman–Crippen LogP) is 1.34. The van der Waals surface area contributed by atoms with Crippen molar-refractivity contribution in [2.45, 2.75) is 18.0 Å². The third-order valence-corrected chi connectivity index (χ3v) is 4.67. The molecule has 108 valence electrons. The maximum atomic E-state index is 12.4. The smallest absolute Gasteiger partial charge is 0.246 e. The van der Waals surface area contributed by atoms with E-state index in [1.807, 2.05) is 6.07 Å². The van der Waals surface area contributed by atoms with Gasteiger partial charge in [0, 0.05) is 25.3 Å².